The van der Waals surface area contributed by atoms with Gasteiger partial charge in [0.05, 0.1) is 13.4 Å². The molecule has 0 amide bonds. The third kappa shape index (κ3) is 5.66. The number of halogens is 2. The number of aliphatic hydroxyl groups excluding tert-OH is 1. The molecule has 0 saturated carbocycles. The summed E-state index contributed by atoms with van der Waals surface area (Å²) in [7, 11) is 2.76. The van der Waals surface area contributed by atoms with E-state index in [1.807, 2.05) is 0 Å². The summed E-state index contributed by atoms with van der Waals surface area (Å²) in [5.74, 6) is -3.40. The van der Waals surface area contributed by atoms with Gasteiger partial charge in [-0.05, 0) is 37.8 Å². The Kier molecular flexibility index (Phi) is 8.08. The summed E-state index contributed by atoms with van der Waals surface area (Å²) in [4.78, 5) is 24.3. The summed E-state index contributed by atoms with van der Waals surface area (Å²) in [6.45, 7) is -2.34. The third-order valence-corrected chi connectivity index (χ3v) is 8.45. The van der Waals surface area contributed by atoms with Crippen LogP contribution < -0.4 is 20.7 Å². The predicted octanol–water partition coefficient (Wildman–Crippen LogP) is 2.21. The van der Waals surface area contributed by atoms with Crippen molar-refractivity contribution in [3.63, 3.8) is 0 Å². The number of rotatable bonds is 10. The second kappa shape index (κ2) is 10.9. The van der Waals surface area contributed by atoms with Crippen molar-refractivity contribution in [2.24, 2.45) is 0 Å². The first-order valence-electron chi connectivity index (χ1n) is 11.6. The molecule has 13 nitrogen and oxygen atoms in total. The Balaban J connectivity index is 1.62. The molecule has 2 aromatic heterocycles. The van der Waals surface area contributed by atoms with Gasteiger partial charge < -0.3 is 34.7 Å². The van der Waals surface area contributed by atoms with Gasteiger partial charge in [0.2, 0.25) is 5.95 Å². The maximum atomic E-state index is 16.2. The highest BCUT2D eigenvalue weighted by Gasteiger charge is 2.65. The van der Waals surface area contributed by atoms with E-state index < -0.39 is 49.1 Å². The number of carbonyl (C=O) groups is 1. The number of benzene rings is 1. The first kappa shape index (κ1) is 29.0. The van der Waals surface area contributed by atoms with E-state index in [1.165, 1.54) is 20.4 Å². The van der Waals surface area contributed by atoms with Gasteiger partial charge in [0.15, 0.2) is 35.0 Å². The van der Waals surface area contributed by atoms with Gasteiger partial charge in [0, 0.05) is 7.05 Å². The number of carbonyl (C=O) groups excluding carboxylic acids is 1. The van der Waals surface area contributed by atoms with Gasteiger partial charge in [-0.3, -0.25) is 9.36 Å². The van der Waals surface area contributed by atoms with Gasteiger partial charge in [-0.1, -0.05) is 18.2 Å². The van der Waals surface area contributed by atoms with Crippen molar-refractivity contribution in [1.82, 2.24) is 24.6 Å². The molecule has 3 heterocycles. The number of hydrogen-bond acceptors (Lipinski definition) is 12. The molecule has 1 aliphatic heterocycles. The number of hydrogen-bond donors (Lipinski definition) is 4. The van der Waals surface area contributed by atoms with E-state index in [2.05, 4.69) is 25.4 Å². The van der Waals surface area contributed by atoms with Gasteiger partial charge in [-0.15, -0.1) is 0 Å². The van der Waals surface area contributed by atoms with E-state index >= 15 is 8.78 Å². The number of esters is 1. The number of para-hydroxylation sites is 1. The Labute approximate surface area is 227 Å². The molecule has 5 N–H and O–H groups in total. The maximum absolute atomic E-state index is 16.2. The standard InChI is InChI=1S/C22H28F2N7O6PS/c1-12(17(32)34-4)30-38(39,37-13-8-6-5-7-9-13)35-10-22(24)18(33)21(2,23)19(36-22)31-11-27-14-15(26-3)28-20(25)29-16(14)31/h5-9,11-12,18-19,33H,10H2,1-4H3,(H,30,39)(H3,25,26,28,29)/t12-,18+,19-,21-,22-,38?/m1/s1. The molecule has 0 aliphatic carbocycles. The zero-order valence-corrected chi connectivity index (χ0v) is 23.1. The number of nitrogens with two attached hydrogens (primary N) is 1. The molecular formula is C22H28F2N7O6PS. The van der Waals surface area contributed by atoms with Crippen LogP contribution in [-0.2, 0) is 30.6 Å². The van der Waals surface area contributed by atoms with Crippen molar-refractivity contribution < 1.29 is 37.2 Å². The van der Waals surface area contributed by atoms with E-state index in [1.54, 1.807) is 37.4 Å². The summed E-state index contributed by atoms with van der Waals surface area (Å²) >= 11 is 5.52. The summed E-state index contributed by atoms with van der Waals surface area (Å²) < 4.78 is 54.8. The number of nitrogens with zero attached hydrogens (tertiary/aromatic N) is 4. The number of alkyl halides is 2. The van der Waals surface area contributed by atoms with Gasteiger partial charge in [-0.2, -0.15) is 9.97 Å². The lowest BCUT2D eigenvalue weighted by Gasteiger charge is -2.30. The number of methoxy groups -OCH3 is 1. The molecule has 39 heavy (non-hydrogen) atoms. The van der Waals surface area contributed by atoms with Crippen LogP contribution >= 0.6 is 6.64 Å². The van der Waals surface area contributed by atoms with Crippen molar-refractivity contribution in [2.45, 2.75) is 43.7 Å². The monoisotopic (exact) mass is 587 g/mol. The lowest BCUT2D eigenvalue weighted by Crippen LogP contribution is -2.47. The Morgan fingerprint density at radius 2 is 2.05 bits per heavy atom. The minimum Gasteiger partial charge on any atom is -0.468 e. The molecule has 212 valence electrons. The fourth-order valence-corrected chi connectivity index (χ4v) is 6.39. The van der Waals surface area contributed by atoms with Crippen LogP contribution in [0.1, 0.15) is 20.1 Å². The van der Waals surface area contributed by atoms with Crippen molar-refractivity contribution in [3.8, 4) is 5.75 Å². The average Bonchev–Trinajstić information content (AvgIpc) is 3.39. The quantitative estimate of drug-likeness (QED) is 0.201. The van der Waals surface area contributed by atoms with E-state index in [0.29, 0.717) is 0 Å². The molecule has 3 aromatic rings. The van der Waals surface area contributed by atoms with E-state index in [4.69, 9.17) is 36.1 Å². The van der Waals surface area contributed by atoms with Gasteiger partial charge in [0.25, 0.3) is 5.85 Å². The van der Waals surface area contributed by atoms with Gasteiger partial charge >= 0.3 is 12.6 Å². The van der Waals surface area contributed by atoms with E-state index in [0.717, 1.165) is 11.5 Å². The topological polar surface area (TPSA) is 168 Å². The molecule has 1 aliphatic rings. The Bertz CT molecular complexity index is 1400. The largest absolute Gasteiger partial charge is 0.468 e. The number of anilines is 2. The zero-order chi connectivity index (χ0) is 28.6. The highest BCUT2D eigenvalue weighted by Crippen LogP contribution is 2.52. The zero-order valence-electron chi connectivity index (χ0n) is 21.4. The number of fused-ring (bicyclic) bond motifs is 1. The molecule has 1 unspecified atom stereocenters. The average molecular weight is 588 g/mol. The summed E-state index contributed by atoms with van der Waals surface area (Å²) in [5.41, 5.74) is 3.34. The Hall–Kier alpha value is -3.01. The van der Waals surface area contributed by atoms with Crippen molar-refractivity contribution in [2.75, 3.05) is 31.8 Å². The minimum atomic E-state index is -3.70. The molecule has 6 atom stereocenters. The van der Waals surface area contributed by atoms with Crippen LogP contribution in [0.15, 0.2) is 36.7 Å². The van der Waals surface area contributed by atoms with E-state index in [-0.39, 0.29) is 28.7 Å². The fraction of sp³-hybridized carbons (Fsp3) is 0.455. The highest BCUT2D eigenvalue weighted by atomic mass is 32.5. The normalized spacial score (nSPS) is 27.2. The van der Waals surface area contributed by atoms with E-state index in [9.17, 15) is 9.90 Å². The first-order chi connectivity index (χ1) is 18.3. The molecule has 17 heteroatoms. The molecule has 1 fully saturated rings. The van der Waals surface area contributed by atoms with Crippen LogP contribution in [0, 0.1) is 0 Å². The summed E-state index contributed by atoms with van der Waals surface area (Å²) in [6, 6.07) is 7.23. The minimum absolute atomic E-state index is 0.0455. The van der Waals surface area contributed by atoms with Gasteiger partial charge in [-0.25, -0.2) is 18.9 Å². The van der Waals surface area contributed by atoms with Crippen molar-refractivity contribution in [3.05, 3.63) is 36.7 Å². The summed E-state index contributed by atoms with van der Waals surface area (Å²) in [5, 5.41) is 16.3. The maximum Gasteiger partial charge on any atom is 0.323 e. The number of aromatic nitrogens is 4. The highest BCUT2D eigenvalue weighted by molar-refractivity contribution is 8.09. The van der Waals surface area contributed by atoms with Crippen molar-refractivity contribution in [1.29, 1.82) is 0 Å². The third-order valence-electron chi connectivity index (χ3n) is 5.97. The lowest BCUT2D eigenvalue weighted by molar-refractivity contribution is -0.202. The molecular weight excluding hydrogens is 559 g/mol. The van der Waals surface area contributed by atoms with Crippen molar-refractivity contribution >= 4 is 47.3 Å². The Morgan fingerprint density at radius 3 is 2.69 bits per heavy atom. The second-order valence-electron chi connectivity index (χ2n) is 8.86. The second-order valence-corrected chi connectivity index (χ2v) is 12.0. The SMILES string of the molecule is CNc1nc(N)nc2c1ncn2[C@@H]1O[C@](F)(COP(=S)(N[C@H](C)C(=O)OC)Oc2ccccc2)[C@@H](O)[C@@]1(C)F. The predicted molar refractivity (Wildman–Crippen MR) is 141 cm³/mol. The number of ether oxygens (including phenoxy) is 2. The molecule has 1 saturated heterocycles. The summed E-state index contributed by atoms with van der Waals surface area (Å²) in [6.07, 6.45) is -2.90. The van der Waals surface area contributed by atoms with Gasteiger partial charge in [0.1, 0.15) is 18.4 Å². The molecule has 0 radical (unpaired) electrons. The van der Waals surface area contributed by atoms with Crippen LogP contribution in [-0.4, -0.2) is 75.0 Å². The first-order valence-corrected chi connectivity index (χ1v) is 14.2. The van der Waals surface area contributed by atoms with Crippen LogP contribution in [0.4, 0.5) is 20.5 Å². The molecule has 1 aromatic carbocycles. The number of imidazole rings is 1. The molecule has 0 bridgehead atoms. The van der Waals surface area contributed by atoms with Crippen LogP contribution in [0.5, 0.6) is 5.75 Å². The number of nitrogens with one attached hydrogen (secondary N) is 2. The number of nitrogen functional groups attached to an aromatic ring is 1. The van der Waals surface area contributed by atoms with Crippen LogP contribution in [0.25, 0.3) is 11.2 Å². The smallest absolute Gasteiger partial charge is 0.323 e. The Morgan fingerprint density at radius 1 is 1.36 bits per heavy atom. The van der Waals surface area contributed by atoms with Crippen LogP contribution in [0.2, 0.25) is 0 Å². The lowest BCUT2D eigenvalue weighted by atomic mass is 9.97. The molecule has 4 rings (SSSR count). The molecule has 0 spiro atoms. The van der Waals surface area contributed by atoms with Crippen LogP contribution in [0.3, 0.4) is 0 Å². The number of aliphatic hydroxyl groups is 1. The fourth-order valence-electron chi connectivity index (χ4n) is 3.99.